The van der Waals surface area contributed by atoms with Gasteiger partial charge in [-0.15, -0.1) is 0 Å². The van der Waals surface area contributed by atoms with E-state index in [0.29, 0.717) is 12.1 Å². The molecule has 6 nitrogen and oxygen atoms in total. The molecule has 0 saturated carbocycles. The lowest BCUT2D eigenvalue weighted by Crippen LogP contribution is -2.37. The molecule has 0 saturated heterocycles. The van der Waals surface area contributed by atoms with Crippen molar-refractivity contribution in [2.45, 2.75) is 123 Å². The Hall–Kier alpha value is -2.63. The maximum Gasteiger partial charge on any atom is 0.414 e. The van der Waals surface area contributed by atoms with Gasteiger partial charge < -0.3 is 4.74 Å². The molecule has 1 aromatic carbocycles. The second kappa shape index (κ2) is 17.0. The molecule has 0 atom stereocenters. The molecule has 0 aliphatic rings. The molecule has 6 heteroatoms. The molecular formula is C31H49N3O3. The predicted molar refractivity (Wildman–Crippen MR) is 152 cm³/mol. The molecule has 0 radical (unpaired) electrons. The van der Waals surface area contributed by atoms with Crippen LogP contribution in [0.2, 0.25) is 0 Å². The topological polar surface area (TPSA) is 64.4 Å². The minimum atomic E-state index is -0.567. The standard InChI is InChI=1S/C31H49N3O3/c1-5-6-7-8-9-10-11-12-13-14-15-16-17-18-24-34(30(36)37-31(2,3)4)28-21-19-27(20-22-28)29(35)33-25-23-32-26-33/h19-23,25-26H,5-18,24H2,1-4H3. The number of unbranched alkanes of at least 4 members (excludes halogenated alkanes) is 13. The van der Waals surface area contributed by atoms with Crippen LogP contribution in [0.15, 0.2) is 43.0 Å². The van der Waals surface area contributed by atoms with Crippen molar-refractivity contribution in [2.24, 2.45) is 0 Å². The van der Waals surface area contributed by atoms with Gasteiger partial charge in [-0.3, -0.25) is 14.3 Å². The fourth-order valence-electron chi connectivity index (χ4n) is 4.42. The highest BCUT2D eigenvalue weighted by molar-refractivity contribution is 5.96. The van der Waals surface area contributed by atoms with Crippen LogP contribution in [0.25, 0.3) is 0 Å². The van der Waals surface area contributed by atoms with Crippen LogP contribution in [0.1, 0.15) is 128 Å². The zero-order chi connectivity index (χ0) is 26.9. The third kappa shape index (κ3) is 12.4. The van der Waals surface area contributed by atoms with E-state index in [-0.39, 0.29) is 12.0 Å². The van der Waals surface area contributed by atoms with Gasteiger partial charge in [-0.05, 0) is 51.5 Å². The van der Waals surface area contributed by atoms with Crippen molar-refractivity contribution in [3.63, 3.8) is 0 Å². The molecule has 2 rings (SSSR count). The van der Waals surface area contributed by atoms with Gasteiger partial charge in [0.15, 0.2) is 0 Å². The highest BCUT2D eigenvalue weighted by atomic mass is 16.6. The molecule has 0 spiro atoms. The summed E-state index contributed by atoms with van der Waals surface area (Å²) in [5, 5.41) is 0. The van der Waals surface area contributed by atoms with Crippen LogP contribution >= 0.6 is 0 Å². The van der Waals surface area contributed by atoms with E-state index in [0.717, 1.165) is 18.5 Å². The maximum atomic E-state index is 13.0. The lowest BCUT2D eigenvalue weighted by Gasteiger charge is -2.27. The zero-order valence-corrected chi connectivity index (χ0v) is 23.7. The fraction of sp³-hybridized carbons (Fsp3) is 0.645. The lowest BCUT2D eigenvalue weighted by molar-refractivity contribution is 0.0579. The minimum Gasteiger partial charge on any atom is -0.443 e. The smallest absolute Gasteiger partial charge is 0.414 e. The van der Waals surface area contributed by atoms with Gasteiger partial charge in [-0.25, -0.2) is 9.78 Å². The van der Waals surface area contributed by atoms with Gasteiger partial charge in [0.25, 0.3) is 5.91 Å². The van der Waals surface area contributed by atoms with E-state index in [4.69, 9.17) is 4.74 Å². The van der Waals surface area contributed by atoms with Crippen molar-refractivity contribution < 1.29 is 14.3 Å². The van der Waals surface area contributed by atoms with Crippen LogP contribution in [-0.2, 0) is 4.74 Å². The van der Waals surface area contributed by atoms with Crippen molar-refractivity contribution in [3.8, 4) is 0 Å². The number of hydrogen-bond acceptors (Lipinski definition) is 4. The number of amides is 1. The first-order valence-electron chi connectivity index (χ1n) is 14.4. The molecular weight excluding hydrogens is 462 g/mol. The van der Waals surface area contributed by atoms with Gasteiger partial charge >= 0.3 is 6.09 Å². The van der Waals surface area contributed by atoms with Crippen molar-refractivity contribution in [2.75, 3.05) is 11.4 Å². The number of carbonyl (C=O) groups excluding carboxylic acids is 2. The molecule has 37 heavy (non-hydrogen) atoms. The Labute approximate surface area is 224 Å². The van der Waals surface area contributed by atoms with Crippen molar-refractivity contribution in [1.29, 1.82) is 0 Å². The monoisotopic (exact) mass is 511 g/mol. The normalized spacial score (nSPS) is 11.5. The van der Waals surface area contributed by atoms with Crippen LogP contribution in [0.3, 0.4) is 0 Å². The number of imidazole rings is 1. The Kier molecular flexibility index (Phi) is 14.0. The molecule has 1 aromatic heterocycles. The summed E-state index contributed by atoms with van der Waals surface area (Å²) in [6.07, 6.45) is 22.5. The van der Waals surface area contributed by atoms with E-state index in [1.165, 1.54) is 87.9 Å². The van der Waals surface area contributed by atoms with Crippen LogP contribution in [0.4, 0.5) is 10.5 Å². The third-order valence-electron chi connectivity index (χ3n) is 6.51. The summed E-state index contributed by atoms with van der Waals surface area (Å²) < 4.78 is 7.11. The van der Waals surface area contributed by atoms with Crippen molar-refractivity contribution in [3.05, 3.63) is 48.5 Å². The summed E-state index contributed by atoms with van der Waals surface area (Å²) in [5.41, 5.74) is 0.718. The van der Waals surface area contributed by atoms with Gasteiger partial charge in [0, 0.05) is 30.2 Å². The predicted octanol–water partition coefficient (Wildman–Crippen LogP) is 8.79. The van der Waals surface area contributed by atoms with E-state index in [1.54, 1.807) is 29.4 Å². The van der Waals surface area contributed by atoms with E-state index in [2.05, 4.69) is 11.9 Å². The number of rotatable bonds is 17. The molecule has 0 fully saturated rings. The second-order valence-electron chi connectivity index (χ2n) is 11.1. The first-order chi connectivity index (χ1) is 17.8. The Bertz CT molecular complexity index is 885. The summed E-state index contributed by atoms with van der Waals surface area (Å²) in [5.74, 6) is -0.153. The fourth-order valence-corrected chi connectivity index (χ4v) is 4.42. The number of carbonyl (C=O) groups is 2. The highest BCUT2D eigenvalue weighted by Gasteiger charge is 2.23. The maximum absolute atomic E-state index is 13.0. The van der Waals surface area contributed by atoms with Crippen LogP contribution < -0.4 is 4.90 Å². The van der Waals surface area contributed by atoms with E-state index in [1.807, 2.05) is 32.9 Å². The van der Waals surface area contributed by atoms with Crippen molar-refractivity contribution >= 4 is 17.7 Å². The number of hydrogen-bond donors (Lipinski definition) is 0. The van der Waals surface area contributed by atoms with Gasteiger partial charge in [-0.2, -0.15) is 0 Å². The van der Waals surface area contributed by atoms with Gasteiger partial charge in [0.1, 0.15) is 11.9 Å². The Morgan fingerprint density at radius 2 is 1.32 bits per heavy atom. The highest BCUT2D eigenvalue weighted by Crippen LogP contribution is 2.21. The van der Waals surface area contributed by atoms with Gasteiger partial charge in [0.05, 0.1) is 0 Å². The summed E-state index contributed by atoms with van der Waals surface area (Å²) in [6.45, 7) is 8.50. The molecule has 2 aromatic rings. The molecule has 1 amide bonds. The summed E-state index contributed by atoms with van der Waals surface area (Å²) in [7, 11) is 0. The minimum absolute atomic E-state index is 0.153. The molecule has 206 valence electrons. The lowest BCUT2D eigenvalue weighted by atomic mass is 10.0. The number of aromatic nitrogens is 2. The number of ether oxygens (including phenoxy) is 1. The first kappa shape index (κ1) is 30.6. The molecule has 0 aliphatic carbocycles. The number of anilines is 1. The number of nitrogens with zero attached hydrogens (tertiary/aromatic N) is 3. The van der Waals surface area contributed by atoms with Gasteiger partial charge in [0.2, 0.25) is 0 Å². The molecule has 1 heterocycles. The largest absolute Gasteiger partial charge is 0.443 e. The summed E-state index contributed by atoms with van der Waals surface area (Å²) in [6, 6.07) is 7.14. The Balaban J connectivity index is 1.74. The molecule has 0 bridgehead atoms. The van der Waals surface area contributed by atoms with E-state index < -0.39 is 5.60 Å². The van der Waals surface area contributed by atoms with Crippen molar-refractivity contribution in [1.82, 2.24) is 9.55 Å². The summed E-state index contributed by atoms with van der Waals surface area (Å²) in [4.78, 5) is 31.1. The SMILES string of the molecule is CCCCCCCCCCCCCCCCN(C(=O)OC(C)(C)C)c1ccc(C(=O)n2ccnc2)cc1. The Morgan fingerprint density at radius 1 is 0.811 bits per heavy atom. The average Bonchev–Trinajstić information content (AvgIpc) is 3.40. The van der Waals surface area contributed by atoms with E-state index in [9.17, 15) is 9.59 Å². The number of benzene rings is 1. The first-order valence-corrected chi connectivity index (χ1v) is 14.4. The molecule has 0 unspecified atom stereocenters. The molecule has 0 aliphatic heterocycles. The third-order valence-corrected chi connectivity index (χ3v) is 6.51. The van der Waals surface area contributed by atoms with Crippen LogP contribution in [0.5, 0.6) is 0 Å². The van der Waals surface area contributed by atoms with Crippen LogP contribution in [0, 0.1) is 0 Å². The molecule has 0 N–H and O–H groups in total. The quantitative estimate of drug-likeness (QED) is 0.199. The second-order valence-corrected chi connectivity index (χ2v) is 11.1. The average molecular weight is 512 g/mol. The zero-order valence-electron chi connectivity index (χ0n) is 23.7. The summed E-state index contributed by atoms with van der Waals surface area (Å²) >= 11 is 0. The Morgan fingerprint density at radius 3 is 1.78 bits per heavy atom. The van der Waals surface area contributed by atoms with Gasteiger partial charge in [-0.1, -0.05) is 90.4 Å². The van der Waals surface area contributed by atoms with Crippen LogP contribution in [-0.4, -0.2) is 33.7 Å². The van der Waals surface area contributed by atoms with E-state index >= 15 is 0 Å².